The van der Waals surface area contributed by atoms with Crippen LogP contribution < -0.4 is 4.74 Å². The van der Waals surface area contributed by atoms with Gasteiger partial charge in [-0.2, -0.15) is 0 Å². The molecule has 20 heavy (non-hydrogen) atoms. The Morgan fingerprint density at radius 3 is 2.50 bits per heavy atom. The SMILES string of the molecule is COc1ccc(C(O)Cc2ccc(F)cc2Cl)cc1Cl. The lowest BCUT2D eigenvalue weighted by Crippen LogP contribution is -2.03. The number of aliphatic hydroxyl groups is 1. The third kappa shape index (κ3) is 3.42. The van der Waals surface area contributed by atoms with E-state index in [1.54, 1.807) is 24.3 Å². The summed E-state index contributed by atoms with van der Waals surface area (Å²) in [4.78, 5) is 0. The second kappa shape index (κ2) is 6.44. The van der Waals surface area contributed by atoms with Gasteiger partial charge in [0.2, 0.25) is 0 Å². The fourth-order valence-electron chi connectivity index (χ4n) is 1.90. The van der Waals surface area contributed by atoms with Crippen molar-refractivity contribution in [2.75, 3.05) is 7.11 Å². The predicted molar refractivity (Wildman–Crippen MR) is 78.1 cm³/mol. The molecule has 2 aromatic carbocycles. The lowest BCUT2D eigenvalue weighted by atomic mass is 10.0. The summed E-state index contributed by atoms with van der Waals surface area (Å²) >= 11 is 12.0. The number of hydrogen-bond acceptors (Lipinski definition) is 2. The van der Waals surface area contributed by atoms with E-state index in [0.717, 1.165) is 0 Å². The summed E-state index contributed by atoms with van der Waals surface area (Å²) in [6.07, 6.45) is -0.497. The zero-order chi connectivity index (χ0) is 14.7. The lowest BCUT2D eigenvalue weighted by molar-refractivity contribution is 0.178. The Hall–Kier alpha value is -1.29. The molecule has 106 valence electrons. The van der Waals surface area contributed by atoms with E-state index in [0.29, 0.717) is 26.9 Å². The maximum absolute atomic E-state index is 13.0. The molecule has 0 aliphatic heterocycles. The van der Waals surface area contributed by atoms with Crippen LogP contribution >= 0.6 is 23.2 Å². The number of rotatable bonds is 4. The van der Waals surface area contributed by atoms with Gasteiger partial charge in [-0.1, -0.05) is 35.3 Å². The summed E-state index contributed by atoms with van der Waals surface area (Å²) in [7, 11) is 1.52. The van der Waals surface area contributed by atoms with Crippen molar-refractivity contribution >= 4 is 23.2 Å². The largest absolute Gasteiger partial charge is 0.495 e. The Balaban J connectivity index is 2.19. The zero-order valence-corrected chi connectivity index (χ0v) is 12.2. The highest BCUT2D eigenvalue weighted by Gasteiger charge is 2.13. The Kier molecular flexibility index (Phi) is 4.86. The number of benzene rings is 2. The molecule has 2 nitrogen and oxygen atoms in total. The van der Waals surface area contributed by atoms with Gasteiger partial charge < -0.3 is 9.84 Å². The summed E-state index contributed by atoms with van der Waals surface area (Å²) in [6, 6.07) is 9.16. The predicted octanol–water partition coefficient (Wildman–Crippen LogP) is 4.42. The maximum Gasteiger partial charge on any atom is 0.137 e. The van der Waals surface area contributed by atoms with Gasteiger partial charge >= 0.3 is 0 Å². The summed E-state index contributed by atoms with van der Waals surface area (Å²) in [5, 5.41) is 10.9. The molecule has 0 amide bonds. The van der Waals surface area contributed by atoms with Crippen LogP contribution in [0.3, 0.4) is 0 Å². The van der Waals surface area contributed by atoms with Gasteiger partial charge in [-0.15, -0.1) is 0 Å². The van der Waals surface area contributed by atoms with E-state index in [9.17, 15) is 9.50 Å². The minimum absolute atomic E-state index is 0.280. The van der Waals surface area contributed by atoms with E-state index in [-0.39, 0.29) is 6.42 Å². The monoisotopic (exact) mass is 314 g/mol. The smallest absolute Gasteiger partial charge is 0.137 e. The highest BCUT2D eigenvalue weighted by Crippen LogP contribution is 2.30. The molecular formula is C15H13Cl2FO2. The van der Waals surface area contributed by atoms with Gasteiger partial charge in [0.1, 0.15) is 11.6 Å². The van der Waals surface area contributed by atoms with Gasteiger partial charge in [0.05, 0.1) is 18.2 Å². The number of aliphatic hydroxyl groups excluding tert-OH is 1. The standard InChI is InChI=1S/C15H13Cl2FO2/c1-20-15-5-3-10(6-13(15)17)14(19)7-9-2-4-11(18)8-12(9)16/h2-6,8,14,19H,7H2,1H3. The van der Waals surface area contributed by atoms with Crippen molar-refractivity contribution in [3.05, 3.63) is 63.4 Å². The van der Waals surface area contributed by atoms with Gasteiger partial charge in [-0.05, 0) is 35.4 Å². The molecular weight excluding hydrogens is 302 g/mol. The molecule has 0 spiro atoms. The molecule has 1 N–H and O–H groups in total. The van der Waals surface area contributed by atoms with Crippen LogP contribution in [0.5, 0.6) is 5.75 Å². The summed E-state index contributed by atoms with van der Waals surface area (Å²) < 4.78 is 18.0. The van der Waals surface area contributed by atoms with Crippen LogP contribution in [-0.2, 0) is 6.42 Å². The van der Waals surface area contributed by atoms with Crippen molar-refractivity contribution in [1.29, 1.82) is 0 Å². The van der Waals surface area contributed by atoms with E-state index in [2.05, 4.69) is 0 Å². The van der Waals surface area contributed by atoms with Crippen molar-refractivity contribution in [1.82, 2.24) is 0 Å². The molecule has 5 heteroatoms. The van der Waals surface area contributed by atoms with Gasteiger partial charge in [0.25, 0.3) is 0 Å². The molecule has 0 saturated carbocycles. The average molecular weight is 315 g/mol. The first kappa shape index (κ1) is 15.1. The zero-order valence-electron chi connectivity index (χ0n) is 10.7. The van der Waals surface area contributed by atoms with Crippen LogP contribution in [0, 0.1) is 5.82 Å². The van der Waals surface area contributed by atoms with Crippen molar-refractivity contribution in [2.45, 2.75) is 12.5 Å². The summed E-state index contributed by atoms with van der Waals surface area (Å²) in [6.45, 7) is 0. The van der Waals surface area contributed by atoms with E-state index in [1.807, 2.05) is 0 Å². The Labute approximate surface area is 126 Å². The van der Waals surface area contributed by atoms with Crippen LogP contribution in [-0.4, -0.2) is 12.2 Å². The number of hydrogen-bond donors (Lipinski definition) is 1. The van der Waals surface area contributed by atoms with Crippen LogP contribution in [0.2, 0.25) is 10.0 Å². The number of methoxy groups -OCH3 is 1. The van der Waals surface area contributed by atoms with Crippen LogP contribution in [0.4, 0.5) is 4.39 Å². The van der Waals surface area contributed by atoms with Crippen molar-refractivity contribution in [3.8, 4) is 5.75 Å². The molecule has 0 bridgehead atoms. The average Bonchev–Trinajstić information content (AvgIpc) is 2.41. The number of ether oxygens (including phenoxy) is 1. The van der Waals surface area contributed by atoms with Crippen LogP contribution in [0.25, 0.3) is 0 Å². The van der Waals surface area contributed by atoms with E-state index < -0.39 is 11.9 Å². The Morgan fingerprint density at radius 2 is 1.90 bits per heavy atom. The highest BCUT2D eigenvalue weighted by molar-refractivity contribution is 6.32. The molecule has 2 rings (SSSR count). The highest BCUT2D eigenvalue weighted by atomic mass is 35.5. The second-order valence-corrected chi connectivity index (χ2v) is 5.16. The summed E-state index contributed by atoms with van der Waals surface area (Å²) in [5.41, 5.74) is 1.32. The minimum Gasteiger partial charge on any atom is -0.495 e. The van der Waals surface area contributed by atoms with Gasteiger partial charge in [0.15, 0.2) is 0 Å². The molecule has 1 unspecified atom stereocenters. The van der Waals surface area contributed by atoms with E-state index in [1.165, 1.54) is 19.2 Å². The first-order valence-electron chi connectivity index (χ1n) is 5.96. The van der Waals surface area contributed by atoms with Gasteiger partial charge in [-0.25, -0.2) is 4.39 Å². The third-order valence-corrected chi connectivity index (χ3v) is 3.64. The molecule has 0 aliphatic rings. The fourth-order valence-corrected chi connectivity index (χ4v) is 2.41. The lowest BCUT2D eigenvalue weighted by Gasteiger charge is -2.13. The Morgan fingerprint density at radius 1 is 1.15 bits per heavy atom. The normalized spacial score (nSPS) is 12.2. The molecule has 0 saturated heterocycles. The maximum atomic E-state index is 13.0. The number of halogens is 3. The molecule has 1 atom stereocenters. The first-order chi connectivity index (χ1) is 9.51. The topological polar surface area (TPSA) is 29.5 Å². The van der Waals surface area contributed by atoms with Crippen molar-refractivity contribution < 1.29 is 14.2 Å². The fraction of sp³-hybridized carbons (Fsp3) is 0.200. The first-order valence-corrected chi connectivity index (χ1v) is 6.72. The summed E-state index contributed by atoms with van der Waals surface area (Å²) in [5.74, 6) is 0.142. The van der Waals surface area contributed by atoms with E-state index in [4.69, 9.17) is 27.9 Å². The molecule has 2 aromatic rings. The second-order valence-electron chi connectivity index (χ2n) is 4.35. The molecule has 0 aromatic heterocycles. The van der Waals surface area contributed by atoms with Crippen LogP contribution in [0.1, 0.15) is 17.2 Å². The van der Waals surface area contributed by atoms with Crippen molar-refractivity contribution in [3.63, 3.8) is 0 Å². The van der Waals surface area contributed by atoms with Gasteiger partial charge in [-0.3, -0.25) is 0 Å². The third-order valence-electron chi connectivity index (χ3n) is 2.99. The molecule has 0 fully saturated rings. The Bertz CT molecular complexity index is 617. The van der Waals surface area contributed by atoms with Crippen molar-refractivity contribution in [2.24, 2.45) is 0 Å². The molecule has 0 radical (unpaired) electrons. The quantitative estimate of drug-likeness (QED) is 0.905. The van der Waals surface area contributed by atoms with Crippen LogP contribution in [0.15, 0.2) is 36.4 Å². The van der Waals surface area contributed by atoms with Gasteiger partial charge in [0, 0.05) is 11.4 Å². The van der Waals surface area contributed by atoms with E-state index >= 15 is 0 Å². The minimum atomic E-state index is -0.777. The molecule has 0 aliphatic carbocycles. The molecule has 0 heterocycles.